The third-order valence-electron chi connectivity index (χ3n) is 7.31. The van der Waals surface area contributed by atoms with E-state index < -0.39 is 11.9 Å². The molecule has 1 aliphatic carbocycles. The number of carboxylic acids is 1. The number of amides is 2. The van der Waals surface area contributed by atoms with Gasteiger partial charge in [0.2, 0.25) is 0 Å². The molecule has 2 amide bonds. The first-order chi connectivity index (χ1) is 18.0. The van der Waals surface area contributed by atoms with Crippen molar-refractivity contribution in [3.63, 3.8) is 0 Å². The molecule has 37 heavy (non-hydrogen) atoms. The smallest absolute Gasteiger partial charge is 0.394 e. The molecule has 0 radical (unpaired) electrons. The van der Waals surface area contributed by atoms with Gasteiger partial charge in [0.05, 0.1) is 6.04 Å². The minimum absolute atomic E-state index is 0.106. The lowest BCUT2D eigenvalue weighted by Gasteiger charge is -2.28. The average molecular weight is 507 g/mol. The van der Waals surface area contributed by atoms with Gasteiger partial charge in [0.25, 0.3) is 5.91 Å². The monoisotopic (exact) mass is 506 g/mol. The number of rotatable bonds is 15. The molecule has 2 aromatic carbocycles. The van der Waals surface area contributed by atoms with Crippen molar-refractivity contribution in [3.05, 3.63) is 70.8 Å². The van der Waals surface area contributed by atoms with Crippen LogP contribution in [-0.2, 0) is 22.6 Å². The van der Waals surface area contributed by atoms with E-state index in [9.17, 15) is 19.5 Å². The summed E-state index contributed by atoms with van der Waals surface area (Å²) in [5.74, 6) is -2.46. The van der Waals surface area contributed by atoms with Gasteiger partial charge in [0.1, 0.15) is 0 Å². The summed E-state index contributed by atoms with van der Waals surface area (Å²) < 4.78 is 0. The molecule has 1 atom stereocenters. The van der Waals surface area contributed by atoms with Gasteiger partial charge in [-0.25, -0.2) is 4.79 Å². The molecule has 2 aromatic rings. The second-order valence-electron chi connectivity index (χ2n) is 10.1. The Kier molecular flexibility index (Phi) is 11.7. The maximum absolute atomic E-state index is 12.6. The molecule has 0 heterocycles. The zero-order chi connectivity index (χ0) is 26.5. The highest BCUT2D eigenvalue weighted by Crippen LogP contribution is 2.36. The number of hydrogen-bond acceptors (Lipinski definition) is 3. The average Bonchev–Trinajstić information content (AvgIpc) is 3.34. The van der Waals surface area contributed by atoms with Crippen molar-refractivity contribution >= 4 is 17.8 Å². The van der Waals surface area contributed by atoms with Crippen LogP contribution in [0.25, 0.3) is 0 Å². The minimum atomic E-state index is -1.45. The van der Waals surface area contributed by atoms with Crippen molar-refractivity contribution in [2.24, 2.45) is 0 Å². The normalized spacial score (nSPS) is 14.2. The Bertz CT molecular complexity index is 1020. The topological polar surface area (TPSA) is 86.7 Å². The van der Waals surface area contributed by atoms with Gasteiger partial charge in [0, 0.05) is 18.7 Å². The highest BCUT2D eigenvalue weighted by molar-refractivity contribution is 6.31. The summed E-state index contributed by atoms with van der Waals surface area (Å²) in [6.07, 6.45) is 14.1. The molecule has 1 unspecified atom stereocenters. The number of fused-ring (bicyclic) bond motifs is 1. The molecule has 1 aliphatic rings. The number of carbonyl (C=O) groups excluding carboxylic acids is 2. The number of carboxylic acid groups (broad SMARTS) is 1. The second kappa shape index (κ2) is 15.2. The maximum Gasteiger partial charge on any atom is 0.394 e. The molecule has 2 N–H and O–H groups in total. The number of aryl methyl sites for hydroxylation is 1. The van der Waals surface area contributed by atoms with Crippen LogP contribution in [0.4, 0.5) is 0 Å². The van der Waals surface area contributed by atoms with E-state index in [1.165, 1.54) is 56.3 Å². The first-order valence-corrected chi connectivity index (χ1v) is 14.0. The van der Waals surface area contributed by atoms with Crippen LogP contribution in [-0.4, -0.2) is 34.3 Å². The van der Waals surface area contributed by atoms with E-state index >= 15 is 0 Å². The van der Waals surface area contributed by atoms with Gasteiger partial charge in [-0.3, -0.25) is 9.59 Å². The highest BCUT2D eigenvalue weighted by atomic mass is 16.4. The van der Waals surface area contributed by atoms with Crippen LogP contribution >= 0.6 is 0 Å². The van der Waals surface area contributed by atoms with E-state index in [0.717, 1.165) is 36.0 Å². The first kappa shape index (κ1) is 28.4. The summed E-state index contributed by atoms with van der Waals surface area (Å²) in [4.78, 5) is 38.1. The van der Waals surface area contributed by atoms with Gasteiger partial charge in [-0.05, 0) is 48.1 Å². The quantitative estimate of drug-likeness (QED) is 0.215. The lowest BCUT2D eigenvalue weighted by molar-refractivity contribution is -0.157. The molecule has 0 saturated heterocycles. The van der Waals surface area contributed by atoms with Crippen LogP contribution in [0.2, 0.25) is 0 Å². The fraction of sp³-hybridized carbons (Fsp3) is 0.516. The van der Waals surface area contributed by atoms with E-state index in [4.69, 9.17) is 0 Å². The van der Waals surface area contributed by atoms with Crippen LogP contribution in [0.5, 0.6) is 0 Å². The molecule has 0 bridgehead atoms. The van der Waals surface area contributed by atoms with Crippen LogP contribution in [0.3, 0.4) is 0 Å². The predicted octanol–water partition coefficient (Wildman–Crippen LogP) is 6.44. The summed E-state index contributed by atoms with van der Waals surface area (Å²) in [5.41, 5.74) is 3.54. The number of nitrogens with zero attached hydrogens (tertiary/aromatic N) is 1. The van der Waals surface area contributed by atoms with Gasteiger partial charge in [0.15, 0.2) is 0 Å². The van der Waals surface area contributed by atoms with E-state index in [1.807, 2.05) is 24.3 Å². The van der Waals surface area contributed by atoms with Crippen LogP contribution in [0.1, 0.15) is 111 Å². The molecule has 6 heteroatoms. The van der Waals surface area contributed by atoms with Crippen LogP contribution < -0.4 is 5.32 Å². The number of nitrogens with one attached hydrogen (secondary N) is 1. The highest BCUT2D eigenvalue weighted by Gasteiger charge is 2.33. The first-order valence-electron chi connectivity index (χ1n) is 14.0. The molecule has 3 rings (SSSR count). The van der Waals surface area contributed by atoms with Crippen molar-refractivity contribution in [2.45, 2.75) is 96.6 Å². The predicted molar refractivity (Wildman–Crippen MR) is 146 cm³/mol. The van der Waals surface area contributed by atoms with Crippen molar-refractivity contribution in [1.82, 2.24) is 10.2 Å². The van der Waals surface area contributed by atoms with Gasteiger partial charge in [-0.1, -0.05) is 101 Å². The van der Waals surface area contributed by atoms with E-state index in [0.29, 0.717) is 18.5 Å². The molecular weight excluding hydrogens is 464 g/mol. The molecule has 200 valence electrons. The van der Waals surface area contributed by atoms with E-state index in [2.05, 4.69) is 12.2 Å². The lowest BCUT2D eigenvalue weighted by atomic mass is 10.0. The van der Waals surface area contributed by atoms with Gasteiger partial charge >= 0.3 is 11.9 Å². The zero-order valence-corrected chi connectivity index (χ0v) is 22.2. The van der Waals surface area contributed by atoms with Gasteiger partial charge < -0.3 is 15.3 Å². The number of hydrogen-bond donors (Lipinski definition) is 2. The number of carbonyl (C=O) groups is 3. The van der Waals surface area contributed by atoms with Gasteiger partial charge in [-0.15, -0.1) is 0 Å². The molecule has 6 nitrogen and oxygen atoms in total. The summed E-state index contributed by atoms with van der Waals surface area (Å²) in [7, 11) is 0. The van der Waals surface area contributed by atoms with Crippen molar-refractivity contribution in [1.29, 1.82) is 0 Å². The van der Waals surface area contributed by atoms with Crippen LogP contribution in [0, 0.1) is 0 Å². The number of benzene rings is 2. The second-order valence-corrected chi connectivity index (χ2v) is 10.1. The Morgan fingerprint density at radius 2 is 1.49 bits per heavy atom. The van der Waals surface area contributed by atoms with Crippen molar-refractivity contribution in [2.75, 3.05) is 6.54 Å². The number of unbranched alkanes of at least 4 members (excludes halogenated alkanes) is 9. The Hall–Kier alpha value is -3.15. The Morgan fingerprint density at radius 3 is 2.14 bits per heavy atom. The fourth-order valence-corrected chi connectivity index (χ4v) is 5.18. The summed E-state index contributed by atoms with van der Waals surface area (Å²) in [5, 5.41) is 12.4. The molecule has 0 saturated carbocycles. The zero-order valence-electron chi connectivity index (χ0n) is 22.2. The van der Waals surface area contributed by atoms with Crippen molar-refractivity contribution in [3.8, 4) is 0 Å². The molecular formula is C31H42N2O4. The minimum Gasteiger partial charge on any atom is -0.474 e. The summed E-state index contributed by atoms with van der Waals surface area (Å²) >= 11 is 0. The largest absolute Gasteiger partial charge is 0.474 e. The summed E-state index contributed by atoms with van der Waals surface area (Å²) in [6.45, 7) is 3.09. The van der Waals surface area contributed by atoms with Crippen molar-refractivity contribution < 1.29 is 19.5 Å². The third kappa shape index (κ3) is 8.73. The Balaban J connectivity index is 1.44. The SMILES string of the molecule is CCCCCCCCCCCCNC(=O)c1ccc(CN(C(=O)C(=O)O)C2CCc3ccccc32)cc1. The van der Waals surface area contributed by atoms with Gasteiger partial charge in [-0.2, -0.15) is 0 Å². The van der Waals surface area contributed by atoms with E-state index in [1.54, 1.807) is 24.3 Å². The standard InChI is InChI=1S/C31H42N2O4/c1-2-3-4-5-6-7-8-9-10-13-22-32-29(34)26-18-16-24(17-19-26)23-33(30(35)31(36)37)28-21-20-25-14-11-12-15-27(25)28/h11-12,14-19,28H,2-10,13,20-23H2,1H3,(H,32,34)(H,36,37). The molecule has 0 fully saturated rings. The molecule has 0 aromatic heterocycles. The van der Waals surface area contributed by atoms with E-state index in [-0.39, 0.29) is 18.5 Å². The molecule has 0 aliphatic heterocycles. The Labute approximate surface area is 221 Å². The van der Waals surface area contributed by atoms with Crippen LogP contribution in [0.15, 0.2) is 48.5 Å². The summed E-state index contributed by atoms with van der Waals surface area (Å²) in [6, 6.07) is 14.7. The lowest BCUT2D eigenvalue weighted by Crippen LogP contribution is -2.38. The Morgan fingerprint density at radius 1 is 0.865 bits per heavy atom. The fourth-order valence-electron chi connectivity index (χ4n) is 5.18. The number of aliphatic carboxylic acids is 1. The maximum atomic E-state index is 12.6. The molecule has 0 spiro atoms. The third-order valence-corrected chi connectivity index (χ3v) is 7.31.